The van der Waals surface area contributed by atoms with E-state index in [1.54, 1.807) is 43.5 Å². The maximum Gasteiger partial charge on any atom is 0.311 e. The smallest absolute Gasteiger partial charge is 0.311 e. The van der Waals surface area contributed by atoms with Crippen LogP contribution in [0.3, 0.4) is 0 Å². The van der Waals surface area contributed by atoms with Crippen molar-refractivity contribution in [3.8, 4) is 5.75 Å². The highest BCUT2D eigenvalue weighted by molar-refractivity contribution is 5.77. The maximum atomic E-state index is 11.7. The maximum absolute atomic E-state index is 11.7. The van der Waals surface area contributed by atoms with Gasteiger partial charge in [0.15, 0.2) is 0 Å². The first-order valence-electron chi connectivity index (χ1n) is 7.03. The zero-order valence-corrected chi connectivity index (χ0v) is 12.9. The van der Waals surface area contributed by atoms with E-state index in [9.17, 15) is 20.0 Å². The highest BCUT2D eigenvalue weighted by Gasteiger charge is 2.24. The second kappa shape index (κ2) is 6.91. The molecule has 0 saturated carbocycles. The van der Waals surface area contributed by atoms with E-state index in [2.05, 4.69) is 0 Å². The standard InChI is InChI=1S/C17H17NO5/c1-11-9-12(7-8-16(11)23-2)14(17(19)20)10-13-5-3-4-6-15(13)18(21)22/h3-9,14H,10H2,1-2H3,(H,19,20). The topological polar surface area (TPSA) is 89.7 Å². The van der Waals surface area contributed by atoms with Crippen LogP contribution in [0.4, 0.5) is 5.69 Å². The molecule has 1 unspecified atom stereocenters. The molecule has 0 aliphatic carbocycles. The summed E-state index contributed by atoms with van der Waals surface area (Å²) in [6.45, 7) is 1.83. The lowest BCUT2D eigenvalue weighted by molar-refractivity contribution is -0.385. The summed E-state index contributed by atoms with van der Waals surface area (Å²) >= 11 is 0. The van der Waals surface area contributed by atoms with Crippen LogP contribution in [0, 0.1) is 17.0 Å². The number of carboxylic acid groups (broad SMARTS) is 1. The van der Waals surface area contributed by atoms with Gasteiger partial charge in [0.25, 0.3) is 5.69 Å². The van der Waals surface area contributed by atoms with E-state index < -0.39 is 16.8 Å². The summed E-state index contributed by atoms with van der Waals surface area (Å²) in [5.41, 5.74) is 1.75. The van der Waals surface area contributed by atoms with E-state index >= 15 is 0 Å². The van der Waals surface area contributed by atoms with Crippen molar-refractivity contribution in [3.63, 3.8) is 0 Å². The Balaban J connectivity index is 2.39. The number of hydrogen-bond acceptors (Lipinski definition) is 4. The second-order valence-corrected chi connectivity index (χ2v) is 5.21. The first kappa shape index (κ1) is 16.5. The summed E-state index contributed by atoms with van der Waals surface area (Å²) in [5, 5.41) is 20.6. The molecule has 0 amide bonds. The van der Waals surface area contributed by atoms with Gasteiger partial charge in [-0.25, -0.2) is 0 Å². The number of aryl methyl sites for hydroxylation is 1. The Bertz CT molecular complexity index is 742. The van der Waals surface area contributed by atoms with Crippen LogP contribution in [0.1, 0.15) is 22.6 Å². The summed E-state index contributed by atoms with van der Waals surface area (Å²) in [6.07, 6.45) is 0.0538. The van der Waals surface area contributed by atoms with Gasteiger partial charge >= 0.3 is 5.97 Å². The van der Waals surface area contributed by atoms with Gasteiger partial charge in [0, 0.05) is 11.6 Å². The monoisotopic (exact) mass is 315 g/mol. The van der Waals surface area contributed by atoms with Gasteiger partial charge in [0.1, 0.15) is 5.75 Å². The molecule has 0 aromatic heterocycles. The highest BCUT2D eigenvalue weighted by atomic mass is 16.6. The lowest BCUT2D eigenvalue weighted by atomic mass is 9.90. The van der Waals surface area contributed by atoms with Crippen LogP contribution in [0.5, 0.6) is 5.75 Å². The van der Waals surface area contributed by atoms with Crippen LogP contribution in [0.25, 0.3) is 0 Å². The molecule has 1 atom stereocenters. The van der Waals surface area contributed by atoms with Crippen molar-refractivity contribution >= 4 is 11.7 Å². The molecule has 2 aromatic carbocycles. The Labute approximate surface area is 133 Å². The molecule has 2 rings (SSSR count). The van der Waals surface area contributed by atoms with Crippen molar-refractivity contribution < 1.29 is 19.6 Å². The fourth-order valence-corrected chi connectivity index (χ4v) is 2.55. The van der Waals surface area contributed by atoms with Gasteiger partial charge in [-0.05, 0) is 30.5 Å². The Kier molecular flexibility index (Phi) is 4.95. The number of carbonyl (C=O) groups is 1. The van der Waals surface area contributed by atoms with Crippen LogP contribution in [0.15, 0.2) is 42.5 Å². The third-order valence-electron chi connectivity index (χ3n) is 3.73. The largest absolute Gasteiger partial charge is 0.496 e. The van der Waals surface area contributed by atoms with E-state index in [-0.39, 0.29) is 12.1 Å². The number of nitro groups is 1. The molecule has 0 heterocycles. The number of benzene rings is 2. The van der Waals surface area contributed by atoms with Crippen LogP contribution >= 0.6 is 0 Å². The Morgan fingerprint density at radius 1 is 1.30 bits per heavy atom. The normalized spacial score (nSPS) is 11.7. The van der Waals surface area contributed by atoms with Crippen molar-refractivity contribution in [1.82, 2.24) is 0 Å². The summed E-state index contributed by atoms with van der Waals surface area (Å²) in [5.74, 6) is -1.21. The van der Waals surface area contributed by atoms with Crippen molar-refractivity contribution in [2.24, 2.45) is 0 Å². The van der Waals surface area contributed by atoms with Crippen LogP contribution in [-0.4, -0.2) is 23.1 Å². The van der Waals surface area contributed by atoms with Crippen molar-refractivity contribution in [2.75, 3.05) is 7.11 Å². The minimum absolute atomic E-state index is 0.0538. The molecule has 1 N–H and O–H groups in total. The lowest BCUT2D eigenvalue weighted by Crippen LogP contribution is -2.15. The average molecular weight is 315 g/mol. The predicted molar refractivity (Wildman–Crippen MR) is 84.9 cm³/mol. The number of hydrogen-bond donors (Lipinski definition) is 1. The van der Waals surface area contributed by atoms with Crippen molar-refractivity contribution in [2.45, 2.75) is 19.3 Å². The van der Waals surface area contributed by atoms with E-state index in [1.165, 1.54) is 6.07 Å². The molecule has 6 nitrogen and oxygen atoms in total. The Morgan fingerprint density at radius 3 is 2.57 bits per heavy atom. The van der Waals surface area contributed by atoms with Gasteiger partial charge in [-0.15, -0.1) is 0 Å². The summed E-state index contributed by atoms with van der Waals surface area (Å²) in [4.78, 5) is 22.2. The predicted octanol–water partition coefficient (Wildman–Crippen LogP) is 3.32. The van der Waals surface area contributed by atoms with Gasteiger partial charge in [-0.3, -0.25) is 14.9 Å². The van der Waals surface area contributed by atoms with E-state index in [0.29, 0.717) is 16.9 Å². The minimum Gasteiger partial charge on any atom is -0.496 e. The number of ether oxygens (including phenoxy) is 1. The molecule has 0 saturated heterocycles. The third-order valence-corrected chi connectivity index (χ3v) is 3.73. The van der Waals surface area contributed by atoms with Crippen LogP contribution in [0.2, 0.25) is 0 Å². The Morgan fingerprint density at radius 2 is 2.00 bits per heavy atom. The zero-order valence-electron chi connectivity index (χ0n) is 12.9. The summed E-state index contributed by atoms with van der Waals surface area (Å²) < 4.78 is 5.17. The second-order valence-electron chi connectivity index (χ2n) is 5.21. The number of para-hydroxylation sites is 1. The third kappa shape index (κ3) is 3.66. The number of methoxy groups -OCH3 is 1. The molecule has 0 spiro atoms. The van der Waals surface area contributed by atoms with Crippen molar-refractivity contribution in [1.29, 1.82) is 0 Å². The van der Waals surface area contributed by atoms with Gasteiger partial charge in [0.2, 0.25) is 0 Å². The SMILES string of the molecule is COc1ccc(C(Cc2ccccc2[N+](=O)[O-])C(=O)O)cc1C. The number of nitrogens with zero attached hydrogens (tertiary/aromatic N) is 1. The van der Waals surface area contributed by atoms with E-state index in [1.807, 2.05) is 6.92 Å². The molecule has 2 aromatic rings. The molecule has 0 bridgehead atoms. The first-order chi connectivity index (χ1) is 10.9. The van der Waals surface area contributed by atoms with Crippen LogP contribution < -0.4 is 4.74 Å². The van der Waals surface area contributed by atoms with Crippen LogP contribution in [-0.2, 0) is 11.2 Å². The number of aliphatic carboxylic acids is 1. The number of carboxylic acids is 1. The summed E-state index contributed by atoms with van der Waals surface area (Å²) in [6, 6.07) is 11.3. The number of rotatable bonds is 6. The fraction of sp³-hybridized carbons (Fsp3) is 0.235. The molecule has 120 valence electrons. The van der Waals surface area contributed by atoms with E-state index in [4.69, 9.17) is 4.74 Å². The van der Waals surface area contributed by atoms with Gasteiger partial charge < -0.3 is 9.84 Å². The molecule has 0 fully saturated rings. The molecule has 0 radical (unpaired) electrons. The molecular weight excluding hydrogens is 298 g/mol. The van der Waals surface area contributed by atoms with Gasteiger partial charge in [-0.2, -0.15) is 0 Å². The molecule has 6 heteroatoms. The quantitative estimate of drug-likeness (QED) is 0.652. The minimum atomic E-state index is -1.02. The lowest BCUT2D eigenvalue weighted by Gasteiger charge is -2.15. The van der Waals surface area contributed by atoms with Gasteiger partial charge in [0.05, 0.1) is 18.0 Å². The Hall–Kier alpha value is -2.89. The molecule has 0 aliphatic heterocycles. The first-order valence-corrected chi connectivity index (χ1v) is 7.03. The van der Waals surface area contributed by atoms with Gasteiger partial charge in [-0.1, -0.05) is 30.3 Å². The van der Waals surface area contributed by atoms with E-state index in [0.717, 1.165) is 5.56 Å². The molecule has 0 aliphatic rings. The molecule has 23 heavy (non-hydrogen) atoms. The molecular formula is C17H17NO5. The summed E-state index contributed by atoms with van der Waals surface area (Å²) in [7, 11) is 1.55. The number of nitro benzene ring substituents is 1. The fourth-order valence-electron chi connectivity index (χ4n) is 2.55. The highest BCUT2D eigenvalue weighted by Crippen LogP contribution is 2.29. The average Bonchev–Trinajstić information content (AvgIpc) is 2.52. The van der Waals surface area contributed by atoms with Crippen molar-refractivity contribution in [3.05, 3.63) is 69.3 Å². The zero-order chi connectivity index (χ0) is 17.0.